The van der Waals surface area contributed by atoms with E-state index in [0.29, 0.717) is 26.3 Å². The van der Waals surface area contributed by atoms with E-state index in [1.807, 2.05) is 56.3 Å². The second-order valence-electron chi connectivity index (χ2n) is 7.11. The zero-order valence-corrected chi connectivity index (χ0v) is 19.1. The number of hydrogen-bond acceptors (Lipinski definition) is 4. The lowest BCUT2D eigenvalue weighted by Gasteiger charge is -2.18. The van der Waals surface area contributed by atoms with Gasteiger partial charge in [-0.1, -0.05) is 70.9 Å². The number of thioether (sulfide) groups is 1. The van der Waals surface area contributed by atoms with Crippen molar-refractivity contribution in [2.75, 3.05) is 10.2 Å². The summed E-state index contributed by atoms with van der Waals surface area (Å²) >= 11 is 13.4. The van der Waals surface area contributed by atoms with Crippen LogP contribution in [0.3, 0.4) is 0 Å². The van der Waals surface area contributed by atoms with Crippen LogP contribution < -0.4 is 10.2 Å². The van der Waals surface area contributed by atoms with Crippen LogP contribution in [0.15, 0.2) is 82.2 Å². The largest absolute Gasteiger partial charge is 0.350 e. The summed E-state index contributed by atoms with van der Waals surface area (Å²) < 4.78 is 0. The molecule has 1 heterocycles. The summed E-state index contributed by atoms with van der Waals surface area (Å²) in [5, 5.41) is 3.86. The summed E-state index contributed by atoms with van der Waals surface area (Å²) in [5.41, 5.74) is 3.25. The molecular formula is C24H18Cl2N2O2S. The van der Waals surface area contributed by atoms with Crippen LogP contribution in [0.1, 0.15) is 11.1 Å². The molecule has 3 aromatic carbocycles. The highest BCUT2D eigenvalue weighted by atomic mass is 35.5. The Bertz CT molecular complexity index is 1230. The molecule has 1 N–H and O–H groups in total. The summed E-state index contributed by atoms with van der Waals surface area (Å²) in [5.74, 6) is -0.783. The van der Waals surface area contributed by atoms with E-state index in [1.165, 1.54) is 16.7 Å². The van der Waals surface area contributed by atoms with E-state index in [0.717, 1.165) is 16.0 Å². The Kier molecular flexibility index (Phi) is 6.10. The third-order valence-corrected chi connectivity index (χ3v) is 6.62. The molecule has 0 saturated heterocycles. The van der Waals surface area contributed by atoms with E-state index < -0.39 is 5.91 Å². The SMILES string of the molecule is Cc1ccc(N2C(=O)C(Nc3ccc(Cl)c(Cl)c3)=C(Sc3ccccc3)C2=O)c(C)c1. The maximum atomic E-state index is 13.4. The molecule has 4 nitrogen and oxygen atoms in total. The van der Waals surface area contributed by atoms with Crippen molar-refractivity contribution in [3.63, 3.8) is 0 Å². The van der Waals surface area contributed by atoms with E-state index in [1.54, 1.807) is 24.3 Å². The highest BCUT2D eigenvalue weighted by Gasteiger charge is 2.40. The highest BCUT2D eigenvalue weighted by Crippen LogP contribution is 2.39. The van der Waals surface area contributed by atoms with E-state index in [2.05, 4.69) is 5.32 Å². The Morgan fingerprint density at radius 1 is 0.839 bits per heavy atom. The second-order valence-corrected chi connectivity index (χ2v) is 9.01. The van der Waals surface area contributed by atoms with Crippen molar-refractivity contribution < 1.29 is 9.59 Å². The number of imide groups is 1. The number of carbonyl (C=O) groups excluding carboxylic acids is 2. The number of benzene rings is 3. The van der Waals surface area contributed by atoms with Crippen molar-refractivity contribution in [3.05, 3.63) is 98.5 Å². The van der Waals surface area contributed by atoms with E-state index in [4.69, 9.17) is 23.2 Å². The molecule has 4 rings (SSSR count). The molecule has 1 aliphatic heterocycles. The van der Waals surface area contributed by atoms with Gasteiger partial charge in [-0.25, -0.2) is 4.90 Å². The summed E-state index contributed by atoms with van der Waals surface area (Å²) in [6, 6.07) is 20.1. The van der Waals surface area contributed by atoms with Crippen LogP contribution in [-0.4, -0.2) is 11.8 Å². The van der Waals surface area contributed by atoms with Crippen LogP contribution in [0.25, 0.3) is 0 Å². The van der Waals surface area contributed by atoms with Crippen molar-refractivity contribution in [3.8, 4) is 0 Å². The molecule has 7 heteroatoms. The highest BCUT2D eigenvalue weighted by molar-refractivity contribution is 8.04. The summed E-state index contributed by atoms with van der Waals surface area (Å²) in [6.07, 6.45) is 0. The fourth-order valence-electron chi connectivity index (χ4n) is 3.31. The normalized spacial score (nSPS) is 13.9. The Morgan fingerprint density at radius 2 is 1.58 bits per heavy atom. The first-order chi connectivity index (χ1) is 14.8. The van der Waals surface area contributed by atoms with Gasteiger partial charge in [-0.3, -0.25) is 9.59 Å². The quantitative estimate of drug-likeness (QED) is 0.428. The molecule has 0 saturated carbocycles. The predicted octanol–water partition coefficient (Wildman–Crippen LogP) is 6.60. The van der Waals surface area contributed by atoms with Gasteiger partial charge >= 0.3 is 0 Å². The lowest BCUT2D eigenvalue weighted by molar-refractivity contribution is -0.120. The van der Waals surface area contributed by atoms with Gasteiger partial charge in [-0.2, -0.15) is 0 Å². The fraction of sp³-hybridized carbons (Fsp3) is 0.0833. The molecule has 3 aromatic rings. The van der Waals surface area contributed by atoms with Crippen LogP contribution in [0, 0.1) is 13.8 Å². The molecule has 0 atom stereocenters. The van der Waals surface area contributed by atoms with E-state index >= 15 is 0 Å². The molecular weight excluding hydrogens is 451 g/mol. The molecule has 1 aliphatic rings. The Labute approximate surface area is 194 Å². The summed E-state index contributed by atoms with van der Waals surface area (Å²) in [4.78, 5) is 29.2. The second kappa shape index (κ2) is 8.79. The minimum absolute atomic E-state index is 0.206. The van der Waals surface area contributed by atoms with Gasteiger partial charge < -0.3 is 5.32 Å². The van der Waals surface area contributed by atoms with Gasteiger partial charge in [0.25, 0.3) is 11.8 Å². The molecule has 31 heavy (non-hydrogen) atoms. The molecule has 0 radical (unpaired) electrons. The monoisotopic (exact) mass is 468 g/mol. The van der Waals surface area contributed by atoms with Crippen molar-refractivity contribution >= 4 is 58.2 Å². The number of carbonyl (C=O) groups is 2. The third kappa shape index (κ3) is 4.35. The number of rotatable bonds is 5. The molecule has 0 aliphatic carbocycles. The van der Waals surface area contributed by atoms with Crippen LogP contribution in [0.5, 0.6) is 0 Å². The number of anilines is 2. The van der Waals surface area contributed by atoms with Gasteiger partial charge in [0.1, 0.15) is 10.6 Å². The first kappa shape index (κ1) is 21.5. The van der Waals surface area contributed by atoms with Crippen molar-refractivity contribution in [1.29, 1.82) is 0 Å². The fourth-order valence-corrected chi connectivity index (χ4v) is 4.56. The van der Waals surface area contributed by atoms with Crippen molar-refractivity contribution in [1.82, 2.24) is 0 Å². The number of nitrogens with one attached hydrogen (secondary N) is 1. The molecule has 156 valence electrons. The zero-order chi connectivity index (χ0) is 22.1. The number of aryl methyl sites for hydroxylation is 2. The van der Waals surface area contributed by atoms with Gasteiger partial charge in [-0.05, 0) is 55.8 Å². The molecule has 2 amide bonds. The van der Waals surface area contributed by atoms with Gasteiger partial charge in [0.15, 0.2) is 0 Å². The van der Waals surface area contributed by atoms with E-state index in [-0.39, 0.29) is 11.6 Å². The Hall–Kier alpha value is -2.73. The third-order valence-electron chi connectivity index (χ3n) is 4.79. The average molecular weight is 469 g/mol. The Balaban J connectivity index is 1.77. The van der Waals surface area contributed by atoms with E-state index in [9.17, 15) is 9.59 Å². The van der Waals surface area contributed by atoms with Gasteiger partial charge in [0, 0.05) is 10.6 Å². The Morgan fingerprint density at radius 3 is 2.26 bits per heavy atom. The summed E-state index contributed by atoms with van der Waals surface area (Å²) in [7, 11) is 0. The average Bonchev–Trinajstić information content (AvgIpc) is 2.96. The van der Waals surface area contributed by atoms with Crippen LogP contribution >= 0.6 is 35.0 Å². The maximum absolute atomic E-state index is 13.4. The smallest absolute Gasteiger partial charge is 0.283 e. The van der Waals surface area contributed by atoms with Gasteiger partial charge in [0.2, 0.25) is 0 Å². The first-order valence-electron chi connectivity index (χ1n) is 9.50. The number of amides is 2. The van der Waals surface area contributed by atoms with Gasteiger partial charge in [0.05, 0.1) is 15.7 Å². The van der Waals surface area contributed by atoms with Crippen molar-refractivity contribution in [2.24, 2.45) is 0 Å². The van der Waals surface area contributed by atoms with Gasteiger partial charge in [-0.15, -0.1) is 0 Å². The topological polar surface area (TPSA) is 49.4 Å². The molecule has 0 fully saturated rings. The number of halogens is 2. The summed E-state index contributed by atoms with van der Waals surface area (Å²) in [6.45, 7) is 3.86. The maximum Gasteiger partial charge on any atom is 0.283 e. The van der Waals surface area contributed by atoms with Crippen LogP contribution in [0.4, 0.5) is 11.4 Å². The minimum Gasteiger partial charge on any atom is -0.350 e. The first-order valence-corrected chi connectivity index (χ1v) is 11.1. The van der Waals surface area contributed by atoms with Crippen molar-refractivity contribution in [2.45, 2.75) is 18.7 Å². The molecule has 0 aromatic heterocycles. The van der Waals surface area contributed by atoms with Crippen LogP contribution in [0.2, 0.25) is 10.0 Å². The molecule has 0 unspecified atom stereocenters. The number of nitrogens with zero attached hydrogens (tertiary/aromatic N) is 1. The van der Waals surface area contributed by atoms with Crippen LogP contribution in [-0.2, 0) is 9.59 Å². The molecule has 0 bridgehead atoms. The molecule has 0 spiro atoms. The standard InChI is InChI=1S/C24H18Cl2N2O2S/c1-14-8-11-20(15(2)12-14)28-23(29)21(27-16-9-10-18(25)19(26)13-16)22(24(28)30)31-17-6-4-3-5-7-17/h3-13,27H,1-2H3. The number of hydrogen-bond donors (Lipinski definition) is 1. The zero-order valence-electron chi connectivity index (χ0n) is 16.8. The lowest BCUT2D eigenvalue weighted by atomic mass is 10.1. The lowest BCUT2D eigenvalue weighted by Crippen LogP contribution is -2.33. The minimum atomic E-state index is -0.415. The predicted molar refractivity (Wildman–Crippen MR) is 128 cm³/mol.